The zero-order valence-corrected chi connectivity index (χ0v) is 11.0. The molecule has 0 aliphatic carbocycles. The Kier molecular flexibility index (Phi) is 7.35. The summed E-state index contributed by atoms with van der Waals surface area (Å²) in [6.45, 7) is 3.93. The van der Waals surface area contributed by atoms with Gasteiger partial charge in [-0.25, -0.2) is 4.79 Å². The lowest BCUT2D eigenvalue weighted by molar-refractivity contribution is 0.132. The second kappa shape index (κ2) is 9.16. The van der Waals surface area contributed by atoms with E-state index in [9.17, 15) is 4.79 Å². The van der Waals surface area contributed by atoms with E-state index in [0.717, 1.165) is 18.4 Å². The number of alkyl carbamates (subject to hydrolysis) is 1. The number of aliphatic hydroxyl groups is 1. The number of aliphatic hydroxyl groups excluding tert-OH is 1. The highest BCUT2D eigenvalue weighted by atomic mass is 16.5. The SMILES string of the molecule is C=CCCC(CCO)NC(=O)OCc1ccccc1. The molecule has 0 saturated carbocycles. The fourth-order valence-electron chi connectivity index (χ4n) is 1.69. The van der Waals surface area contributed by atoms with Gasteiger partial charge in [-0.2, -0.15) is 0 Å². The Morgan fingerprint density at radius 1 is 1.37 bits per heavy atom. The van der Waals surface area contributed by atoms with Crippen LogP contribution in [0.2, 0.25) is 0 Å². The maximum atomic E-state index is 11.6. The summed E-state index contributed by atoms with van der Waals surface area (Å²) >= 11 is 0. The third-order valence-electron chi connectivity index (χ3n) is 2.73. The molecule has 1 rings (SSSR count). The standard InChI is InChI=1S/C15H21NO3/c1-2-3-9-14(10-11-17)16-15(18)19-12-13-7-5-4-6-8-13/h2,4-8,14,17H,1,3,9-12H2,(H,16,18). The predicted octanol–water partition coefficient (Wildman–Crippen LogP) is 2.63. The van der Waals surface area contributed by atoms with Gasteiger partial charge in [-0.1, -0.05) is 36.4 Å². The number of nitrogens with one attached hydrogen (secondary N) is 1. The molecule has 1 unspecified atom stereocenters. The van der Waals surface area contributed by atoms with E-state index in [2.05, 4.69) is 11.9 Å². The minimum atomic E-state index is -0.452. The second-order valence-electron chi connectivity index (χ2n) is 4.28. The van der Waals surface area contributed by atoms with Gasteiger partial charge in [0, 0.05) is 12.6 Å². The average molecular weight is 263 g/mol. The Morgan fingerprint density at radius 3 is 2.74 bits per heavy atom. The molecule has 0 spiro atoms. The lowest BCUT2D eigenvalue weighted by Gasteiger charge is -2.16. The van der Waals surface area contributed by atoms with Crippen molar-refractivity contribution < 1.29 is 14.6 Å². The Bertz CT molecular complexity index is 378. The van der Waals surface area contributed by atoms with Gasteiger partial charge in [-0.3, -0.25) is 0 Å². The van der Waals surface area contributed by atoms with E-state index >= 15 is 0 Å². The van der Waals surface area contributed by atoms with Gasteiger partial charge < -0.3 is 15.2 Å². The molecule has 0 bridgehead atoms. The van der Waals surface area contributed by atoms with Crippen LogP contribution in [0.15, 0.2) is 43.0 Å². The van der Waals surface area contributed by atoms with Crippen LogP contribution in [0, 0.1) is 0 Å². The summed E-state index contributed by atoms with van der Waals surface area (Å²) in [5, 5.41) is 11.7. The Balaban J connectivity index is 2.33. The largest absolute Gasteiger partial charge is 0.445 e. The zero-order valence-electron chi connectivity index (χ0n) is 11.0. The van der Waals surface area contributed by atoms with Crippen LogP contribution in [0.4, 0.5) is 4.79 Å². The summed E-state index contributed by atoms with van der Waals surface area (Å²) in [6, 6.07) is 9.43. The molecule has 19 heavy (non-hydrogen) atoms. The lowest BCUT2D eigenvalue weighted by Crippen LogP contribution is -2.35. The Morgan fingerprint density at radius 2 is 2.11 bits per heavy atom. The first kappa shape index (κ1) is 15.2. The highest BCUT2D eigenvalue weighted by Crippen LogP contribution is 2.04. The number of rotatable bonds is 8. The summed E-state index contributed by atoms with van der Waals surface area (Å²) in [5.74, 6) is 0. The highest BCUT2D eigenvalue weighted by Gasteiger charge is 2.11. The highest BCUT2D eigenvalue weighted by molar-refractivity contribution is 5.67. The van der Waals surface area contributed by atoms with Gasteiger partial charge >= 0.3 is 6.09 Å². The fraction of sp³-hybridized carbons (Fsp3) is 0.400. The molecule has 0 radical (unpaired) electrons. The number of ether oxygens (including phenoxy) is 1. The molecule has 0 aliphatic heterocycles. The first-order chi connectivity index (χ1) is 9.26. The van der Waals surface area contributed by atoms with Crippen molar-refractivity contribution >= 4 is 6.09 Å². The Labute approximate surface area is 114 Å². The van der Waals surface area contributed by atoms with E-state index in [4.69, 9.17) is 9.84 Å². The van der Waals surface area contributed by atoms with Gasteiger partial charge in [0.1, 0.15) is 6.61 Å². The summed E-state index contributed by atoms with van der Waals surface area (Å²) in [5.41, 5.74) is 0.947. The van der Waals surface area contributed by atoms with E-state index < -0.39 is 6.09 Å². The minimum absolute atomic E-state index is 0.0424. The van der Waals surface area contributed by atoms with Crippen molar-refractivity contribution in [2.75, 3.05) is 6.61 Å². The zero-order chi connectivity index (χ0) is 13.9. The molecule has 0 saturated heterocycles. The maximum absolute atomic E-state index is 11.6. The van der Waals surface area contributed by atoms with Crippen LogP contribution in [-0.2, 0) is 11.3 Å². The quantitative estimate of drug-likeness (QED) is 0.709. The molecule has 1 aromatic carbocycles. The monoisotopic (exact) mass is 263 g/mol. The van der Waals surface area contributed by atoms with Crippen LogP contribution in [0.5, 0.6) is 0 Å². The maximum Gasteiger partial charge on any atom is 0.407 e. The smallest absolute Gasteiger partial charge is 0.407 e. The number of hydrogen-bond donors (Lipinski definition) is 2. The lowest BCUT2D eigenvalue weighted by atomic mass is 10.1. The summed E-state index contributed by atoms with van der Waals surface area (Å²) in [4.78, 5) is 11.6. The molecule has 4 heteroatoms. The van der Waals surface area contributed by atoms with Crippen molar-refractivity contribution in [2.24, 2.45) is 0 Å². The van der Waals surface area contributed by atoms with Gasteiger partial charge in [-0.05, 0) is 24.8 Å². The molecule has 0 heterocycles. The van der Waals surface area contributed by atoms with Gasteiger partial charge in [0.25, 0.3) is 0 Å². The molecule has 0 aliphatic rings. The van der Waals surface area contributed by atoms with Crippen LogP contribution in [0.3, 0.4) is 0 Å². The van der Waals surface area contributed by atoms with Crippen molar-refractivity contribution in [3.8, 4) is 0 Å². The molecule has 2 N–H and O–H groups in total. The third-order valence-corrected chi connectivity index (χ3v) is 2.73. The van der Waals surface area contributed by atoms with Crippen molar-refractivity contribution in [2.45, 2.75) is 31.9 Å². The van der Waals surface area contributed by atoms with E-state index in [1.54, 1.807) is 6.08 Å². The number of hydrogen-bond acceptors (Lipinski definition) is 3. The van der Waals surface area contributed by atoms with E-state index in [0.29, 0.717) is 6.42 Å². The van der Waals surface area contributed by atoms with Crippen LogP contribution in [0.1, 0.15) is 24.8 Å². The Hall–Kier alpha value is -1.81. The summed E-state index contributed by atoms with van der Waals surface area (Å²) < 4.78 is 5.13. The first-order valence-corrected chi connectivity index (χ1v) is 6.45. The van der Waals surface area contributed by atoms with Crippen molar-refractivity contribution in [1.29, 1.82) is 0 Å². The van der Waals surface area contributed by atoms with Gasteiger partial charge in [0.05, 0.1) is 0 Å². The van der Waals surface area contributed by atoms with Crippen molar-refractivity contribution in [1.82, 2.24) is 5.32 Å². The fourth-order valence-corrected chi connectivity index (χ4v) is 1.69. The van der Waals surface area contributed by atoms with Gasteiger partial charge in [0.2, 0.25) is 0 Å². The third kappa shape index (κ3) is 6.62. The number of carbonyl (C=O) groups excluding carboxylic acids is 1. The molecule has 1 amide bonds. The molecule has 1 atom stereocenters. The van der Waals surface area contributed by atoms with Gasteiger partial charge in [0.15, 0.2) is 0 Å². The van der Waals surface area contributed by atoms with Crippen LogP contribution >= 0.6 is 0 Å². The number of amides is 1. The topological polar surface area (TPSA) is 58.6 Å². The number of allylic oxidation sites excluding steroid dienone is 1. The molecule has 1 aromatic rings. The van der Waals surface area contributed by atoms with Gasteiger partial charge in [-0.15, -0.1) is 6.58 Å². The molecular formula is C15H21NO3. The molecule has 0 fully saturated rings. The van der Waals surface area contributed by atoms with Crippen LogP contribution in [0.25, 0.3) is 0 Å². The average Bonchev–Trinajstić information content (AvgIpc) is 2.44. The number of carbonyl (C=O) groups is 1. The normalized spacial score (nSPS) is 11.6. The van der Waals surface area contributed by atoms with Crippen molar-refractivity contribution in [3.63, 3.8) is 0 Å². The first-order valence-electron chi connectivity index (χ1n) is 6.45. The molecule has 4 nitrogen and oxygen atoms in total. The summed E-state index contributed by atoms with van der Waals surface area (Å²) in [7, 11) is 0. The van der Waals surface area contributed by atoms with Crippen LogP contribution in [-0.4, -0.2) is 23.8 Å². The van der Waals surface area contributed by atoms with E-state index in [1.807, 2.05) is 30.3 Å². The molecular weight excluding hydrogens is 242 g/mol. The van der Waals surface area contributed by atoms with E-state index in [-0.39, 0.29) is 19.3 Å². The molecule has 0 aromatic heterocycles. The predicted molar refractivity (Wildman–Crippen MR) is 74.7 cm³/mol. The second-order valence-corrected chi connectivity index (χ2v) is 4.28. The number of benzene rings is 1. The minimum Gasteiger partial charge on any atom is -0.445 e. The molecule has 104 valence electrons. The van der Waals surface area contributed by atoms with E-state index in [1.165, 1.54) is 0 Å². The summed E-state index contributed by atoms with van der Waals surface area (Å²) in [6.07, 6.45) is 3.41. The van der Waals surface area contributed by atoms with Crippen LogP contribution < -0.4 is 5.32 Å². The van der Waals surface area contributed by atoms with Crippen molar-refractivity contribution in [3.05, 3.63) is 48.6 Å².